The van der Waals surface area contributed by atoms with Gasteiger partial charge in [0.15, 0.2) is 0 Å². The van der Waals surface area contributed by atoms with Crippen LogP contribution in [-0.2, 0) is 4.79 Å². The largest absolute Gasteiger partial charge is 0.399 e. The summed E-state index contributed by atoms with van der Waals surface area (Å²) in [6.45, 7) is 2.52. The molecule has 1 amide bonds. The summed E-state index contributed by atoms with van der Waals surface area (Å²) in [6.07, 6.45) is 0.229. The van der Waals surface area contributed by atoms with Crippen LogP contribution < -0.4 is 11.1 Å². The first-order chi connectivity index (χ1) is 9.56. The van der Waals surface area contributed by atoms with Crippen molar-refractivity contribution in [2.75, 3.05) is 30.7 Å². The molecule has 0 heterocycles. The second kappa shape index (κ2) is 7.78. The Hall–Kier alpha value is -2.57. The minimum atomic E-state index is -0.154. The zero-order valence-corrected chi connectivity index (χ0v) is 11.4. The molecule has 0 aliphatic rings. The quantitative estimate of drug-likeness (QED) is 0.598. The highest BCUT2D eigenvalue weighted by molar-refractivity contribution is 5.91. The van der Waals surface area contributed by atoms with Crippen molar-refractivity contribution in [1.29, 1.82) is 10.5 Å². The number of nitriles is 2. The van der Waals surface area contributed by atoms with E-state index in [1.54, 1.807) is 23.1 Å². The molecule has 0 aliphatic heterocycles. The van der Waals surface area contributed by atoms with Crippen molar-refractivity contribution in [3.63, 3.8) is 0 Å². The van der Waals surface area contributed by atoms with Gasteiger partial charge in [-0.25, -0.2) is 0 Å². The zero-order chi connectivity index (χ0) is 15.0. The van der Waals surface area contributed by atoms with E-state index in [2.05, 4.69) is 5.32 Å². The monoisotopic (exact) mass is 271 g/mol. The Balaban J connectivity index is 2.51. The van der Waals surface area contributed by atoms with Crippen LogP contribution in [0.1, 0.15) is 12.0 Å². The van der Waals surface area contributed by atoms with Crippen LogP contribution in [0.15, 0.2) is 18.2 Å². The first-order valence-corrected chi connectivity index (χ1v) is 6.19. The van der Waals surface area contributed by atoms with E-state index in [0.29, 0.717) is 12.2 Å². The van der Waals surface area contributed by atoms with E-state index in [9.17, 15) is 4.79 Å². The van der Waals surface area contributed by atoms with Gasteiger partial charge in [-0.2, -0.15) is 10.5 Å². The Morgan fingerprint density at radius 3 is 2.55 bits per heavy atom. The van der Waals surface area contributed by atoms with Crippen LogP contribution in [0.5, 0.6) is 0 Å². The molecule has 0 unspecified atom stereocenters. The van der Waals surface area contributed by atoms with Crippen molar-refractivity contribution in [3.05, 3.63) is 23.8 Å². The van der Waals surface area contributed by atoms with E-state index in [4.69, 9.17) is 16.3 Å². The van der Waals surface area contributed by atoms with Crippen LogP contribution in [0.2, 0.25) is 0 Å². The predicted octanol–water partition coefficient (Wildman–Crippen LogP) is 1.25. The summed E-state index contributed by atoms with van der Waals surface area (Å²) in [5.41, 5.74) is 7.90. The van der Waals surface area contributed by atoms with Crippen LogP contribution in [-0.4, -0.2) is 30.4 Å². The third kappa shape index (κ3) is 4.97. The average molecular weight is 271 g/mol. The van der Waals surface area contributed by atoms with Gasteiger partial charge in [-0.05, 0) is 30.7 Å². The molecule has 6 nitrogen and oxygen atoms in total. The molecule has 0 bridgehead atoms. The van der Waals surface area contributed by atoms with Crippen molar-refractivity contribution in [3.8, 4) is 12.1 Å². The van der Waals surface area contributed by atoms with Crippen LogP contribution in [0.25, 0.3) is 0 Å². The standard InChI is InChI=1S/C14H17N5O/c1-11-10-12(17)2-3-13(11)18-14(20)4-7-19(8-5-15)9-6-16/h2-3,10H,4,7-9,17H2,1H3,(H,18,20). The van der Waals surface area contributed by atoms with E-state index in [-0.39, 0.29) is 25.4 Å². The molecule has 0 aromatic heterocycles. The van der Waals surface area contributed by atoms with Gasteiger partial charge in [0.25, 0.3) is 0 Å². The maximum atomic E-state index is 11.8. The van der Waals surface area contributed by atoms with Gasteiger partial charge in [0, 0.05) is 24.3 Å². The van der Waals surface area contributed by atoms with Crippen LogP contribution in [0, 0.1) is 29.6 Å². The minimum Gasteiger partial charge on any atom is -0.399 e. The lowest BCUT2D eigenvalue weighted by Crippen LogP contribution is -2.28. The van der Waals surface area contributed by atoms with Crippen LogP contribution in [0.3, 0.4) is 0 Å². The van der Waals surface area contributed by atoms with Crippen LogP contribution in [0.4, 0.5) is 11.4 Å². The smallest absolute Gasteiger partial charge is 0.225 e. The first kappa shape index (κ1) is 15.5. The third-order valence-electron chi connectivity index (χ3n) is 2.77. The lowest BCUT2D eigenvalue weighted by atomic mass is 10.2. The number of hydrogen-bond donors (Lipinski definition) is 2. The van der Waals surface area contributed by atoms with Gasteiger partial charge in [0.05, 0.1) is 25.2 Å². The third-order valence-corrected chi connectivity index (χ3v) is 2.77. The van der Waals surface area contributed by atoms with Gasteiger partial charge in [0.2, 0.25) is 5.91 Å². The highest BCUT2D eigenvalue weighted by Gasteiger charge is 2.09. The highest BCUT2D eigenvalue weighted by atomic mass is 16.1. The molecule has 6 heteroatoms. The maximum Gasteiger partial charge on any atom is 0.225 e. The molecule has 1 aromatic carbocycles. The highest BCUT2D eigenvalue weighted by Crippen LogP contribution is 2.17. The lowest BCUT2D eigenvalue weighted by Gasteiger charge is -2.15. The second-order valence-corrected chi connectivity index (χ2v) is 4.40. The van der Waals surface area contributed by atoms with E-state index in [0.717, 1.165) is 11.3 Å². The summed E-state index contributed by atoms with van der Waals surface area (Å²) < 4.78 is 0. The second-order valence-electron chi connectivity index (χ2n) is 4.40. The van der Waals surface area contributed by atoms with Gasteiger partial charge in [0.1, 0.15) is 0 Å². The molecule has 0 saturated carbocycles. The van der Waals surface area contributed by atoms with Crippen molar-refractivity contribution in [2.45, 2.75) is 13.3 Å². The fourth-order valence-corrected chi connectivity index (χ4v) is 1.71. The number of rotatable bonds is 6. The van der Waals surface area contributed by atoms with Gasteiger partial charge in [-0.3, -0.25) is 9.69 Å². The number of anilines is 2. The number of benzene rings is 1. The summed E-state index contributed by atoms with van der Waals surface area (Å²) >= 11 is 0. The van der Waals surface area contributed by atoms with E-state index < -0.39 is 0 Å². The molecule has 104 valence electrons. The number of nitrogens with zero attached hydrogens (tertiary/aromatic N) is 3. The van der Waals surface area contributed by atoms with Gasteiger partial charge < -0.3 is 11.1 Å². The molecule has 0 aliphatic carbocycles. The van der Waals surface area contributed by atoms with Gasteiger partial charge in [-0.15, -0.1) is 0 Å². The fourth-order valence-electron chi connectivity index (χ4n) is 1.71. The van der Waals surface area contributed by atoms with Crippen molar-refractivity contribution in [2.24, 2.45) is 0 Å². The molecule has 1 rings (SSSR count). The van der Waals surface area contributed by atoms with E-state index in [1.165, 1.54) is 0 Å². The summed E-state index contributed by atoms with van der Waals surface area (Å²) in [5.74, 6) is -0.154. The molecule has 20 heavy (non-hydrogen) atoms. The Morgan fingerprint density at radius 1 is 1.35 bits per heavy atom. The molecule has 0 fully saturated rings. The number of amides is 1. The molecule has 0 saturated heterocycles. The fraction of sp³-hybridized carbons (Fsp3) is 0.357. The Kier molecular flexibility index (Phi) is 6.02. The first-order valence-electron chi connectivity index (χ1n) is 6.19. The number of carbonyl (C=O) groups is 1. The summed E-state index contributed by atoms with van der Waals surface area (Å²) in [6, 6.07) is 9.20. The molecule has 3 N–H and O–H groups in total. The molecule has 0 radical (unpaired) electrons. The topological polar surface area (TPSA) is 106 Å². The number of nitrogens with one attached hydrogen (secondary N) is 1. The SMILES string of the molecule is Cc1cc(N)ccc1NC(=O)CCN(CC#N)CC#N. The van der Waals surface area contributed by atoms with Gasteiger partial charge >= 0.3 is 0 Å². The average Bonchev–Trinajstić information content (AvgIpc) is 2.40. The van der Waals surface area contributed by atoms with Gasteiger partial charge in [-0.1, -0.05) is 0 Å². The Bertz CT molecular complexity index is 540. The van der Waals surface area contributed by atoms with Crippen molar-refractivity contribution in [1.82, 2.24) is 4.90 Å². The molecular weight excluding hydrogens is 254 g/mol. The molecule has 0 atom stereocenters. The molecular formula is C14H17N5O. The van der Waals surface area contributed by atoms with Crippen LogP contribution >= 0.6 is 0 Å². The minimum absolute atomic E-state index is 0.141. The number of nitrogens with two attached hydrogens (primary N) is 1. The molecule has 1 aromatic rings. The van der Waals surface area contributed by atoms with Crippen molar-refractivity contribution < 1.29 is 4.79 Å². The predicted molar refractivity (Wildman–Crippen MR) is 76.5 cm³/mol. The summed E-state index contributed by atoms with van der Waals surface area (Å²) in [7, 11) is 0. The van der Waals surface area contributed by atoms with Crippen molar-refractivity contribution >= 4 is 17.3 Å². The number of hydrogen-bond acceptors (Lipinski definition) is 5. The summed E-state index contributed by atoms with van der Waals surface area (Å²) in [5, 5.41) is 20.0. The van der Waals surface area contributed by atoms with E-state index >= 15 is 0 Å². The number of nitrogen functional groups attached to an aromatic ring is 1. The molecule has 0 spiro atoms. The summed E-state index contributed by atoms with van der Waals surface area (Å²) in [4.78, 5) is 13.4. The number of aryl methyl sites for hydroxylation is 1. The zero-order valence-electron chi connectivity index (χ0n) is 11.4. The van der Waals surface area contributed by atoms with E-state index in [1.807, 2.05) is 19.1 Å². The lowest BCUT2D eigenvalue weighted by molar-refractivity contribution is -0.116. The Labute approximate surface area is 118 Å². The maximum absolute atomic E-state index is 11.8. The normalized spacial score (nSPS) is 9.80. The Morgan fingerprint density at radius 2 is 2.00 bits per heavy atom. The number of carbonyl (C=O) groups excluding carboxylic acids is 1.